The van der Waals surface area contributed by atoms with Gasteiger partial charge in [0.25, 0.3) is 0 Å². The number of rotatable bonds is 2. The average Bonchev–Trinajstić information content (AvgIpc) is 2.05. The molecule has 1 rings (SSSR count). The lowest BCUT2D eigenvalue weighted by molar-refractivity contribution is 0.321. The summed E-state index contributed by atoms with van der Waals surface area (Å²) in [6.07, 6.45) is 1.37. The van der Waals surface area contributed by atoms with Crippen LogP contribution in [-0.2, 0) is 10.0 Å². The fourth-order valence-electron chi connectivity index (χ4n) is 1.33. The largest absolute Gasteiger partial charge is 0.328 e. The summed E-state index contributed by atoms with van der Waals surface area (Å²) in [7, 11) is -3.34. The van der Waals surface area contributed by atoms with E-state index in [0.29, 0.717) is 25.9 Å². The maximum Gasteiger partial charge on any atom is 0.227 e. The van der Waals surface area contributed by atoms with E-state index < -0.39 is 15.8 Å². The minimum Gasteiger partial charge on any atom is -0.328 e. The van der Waals surface area contributed by atoms with Gasteiger partial charge in [-0.15, -0.1) is 0 Å². The highest BCUT2D eigenvalue weighted by Gasteiger charge is 2.25. The smallest absolute Gasteiger partial charge is 0.227 e. The van der Waals surface area contributed by atoms with Gasteiger partial charge in [0.2, 0.25) is 10.0 Å². The molecule has 0 atom stereocenters. The summed E-state index contributed by atoms with van der Waals surface area (Å²) in [5, 5.41) is 8.30. The molecule has 5 nitrogen and oxygen atoms in total. The summed E-state index contributed by atoms with van der Waals surface area (Å²) >= 11 is 0. The van der Waals surface area contributed by atoms with Crippen molar-refractivity contribution in [3.63, 3.8) is 0 Å². The van der Waals surface area contributed by atoms with E-state index in [1.807, 2.05) is 0 Å². The maximum atomic E-state index is 11.4. The van der Waals surface area contributed by atoms with Gasteiger partial charge in [0.05, 0.1) is 6.07 Å². The van der Waals surface area contributed by atoms with Crippen LogP contribution in [0.2, 0.25) is 0 Å². The number of nitrogens with zero attached hydrogens (tertiary/aromatic N) is 2. The van der Waals surface area contributed by atoms with Crippen molar-refractivity contribution in [3.05, 3.63) is 0 Å². The molecule has 1 saturated heterocycles. The van der Waals surface area contributed by atoms with Crippen molar-refractivity contribution < 1.29 is 8.42 Å². The fourth-order valence-corrected chi connectivity index (χ4v) is 2.44. The highest BCUT2D eigenvalue weighted by atomic mass is 32.2. The molecule has 0 aliphatic carbocycles. The third-order valence-corrected chi connectivity index (χ3v) is 3.78. The zero-order chi connectivity index (χ0) is 9.90. The Hall–Kier alpha value is -0.640. The third kappa shape index (κ3) is 2.66. The van der Waals surface area contributed by atoms with Crippen LogP contribution in [0.1, 0.15) is 12.8 Å². The van der Waals surface area contributed by atoms with Crippen molar-refractivity contribution in [2.45, 2.75) is 18.9 Å². The number of sulfonamides is 1. The Kier molecular flexibility index (Phi) is 3.25. The van der Waals surface area contributed by atoms with E-state index in [1.165, 1.54) is 4.31 Å². The van der Waals surface area contributed by atoms with Gasteiger partial charge >= 0.3 is 0 Å². The number of nitriles is 1. The first-order valence-electron chi connectivity index (χ1n) is 4.16. The molecule has 74 valence electrons. The first-order chi connectivity index (χ1) is 6.06. The standard InChI is InChI=1S/C7H13N3O2S/c8-3-6-13(11,12)10-4-1-7(9)2-5-10/h7H,1-2,4-6,9H2. The number of hydrogen-bond acceptors (Lipinski definition) is 4. The molecule has 2 N–H and O–H groups in total. The Labute approximate surface area is 78.2 Å². The van der Waals surface area contributed by atoms with Crippen molar-refractivity contribution >= 4 is 10.0 Å². The number of hydrogen-bond donors (Lipinski definition) is 1. The fraction of sp³-hybridized carbons (Fsp3) is 0.857. The zero-order valence-corrected chi connectivity index (χ0v) is 8.13. The van der Waals surface area contributed by atoms with Gasteiger partial charge in [-0.05, 0) is 12.8 Å². The molecular weight excluding hydrogens is 190 g/mol. The van der Waals surface area contributed by atoms with Crippen LogP contribution < -0.4 is 5.73 Å². The molecule has 6 heteroatoms. The normalized spacial score (nSPS) is 21.2. The van der Waals surface area contributed by atoms with E-state index in [4.69, 9.17) is 11.0 Å². The summed E-state index contributed by atoms with van der Waals surface area (Å²) in [6, 6.07) is 1.76. The second-order valence-corrected chi connectivity index (χ2v) is 5.12. The first kappa shape index (κ1) is 10.4. The highest BCUT2D eigenvalue weighted by molar-refractivity contribution is 7.89. The van der Waals surface area contributed by atoms with E-state index in [2.05, 4.69) is 0 Å². The van der Waals surface area contributed by atoms with Crippen LogP contribution in [0, 0.1) is 11.3 Å². The molecule has 0 unspecified atom stereocenters. The van der Waals surface area contributed by atoms with Gasteiger partial charge in [-0.3, -0.25) is 0 Å². The molecule has 0 aromatic rings. The van der Waals surface area contributed by atoms with Crippen molar-refractivity contribution in [2.24, 2.45) is 5.73 Å². The van der Waals surface area contributed by atoms with Crippen LogP contribution >= 0.6 is 0 Å². The topological polar surface area (TPSA) is 87.2 Å². The predicted molar refractivity (Wildman–Crippen MR) is 48.2 cm³/mol. The van der Waals surface area contributed by atoms with Crippen molar-refractivity contribution in [1.29, 1.82) is 5.26 Å². The first-order valence-corrected chi connectivity index (χ1v) is 5.77. The maximum absolute atomic E-state index is 11.4. The zero-order valence-electron chi connectivity index (χ0n) is 7.31. The molecular formula is C7H13N3O2S. The molecule has 1 heterocycles. The monoisotopic (exact) mass is 203 g/mol. The van der Waals surface area contributed by atoms with Crippen LogP contribution in [0.3, 0.4) is 0 Å². The minimum atomic E-state index is -3.34. The summed E-state index contributed by atoms with van der Waals surface area (Å²) in [4.78, 5) is 0. The molecule has 0 radical (unpaired) electrons. The molecule has 1 aliphatic heterocycles. The van der Waals surface area contributed by atoms with Gasteiger partial charge in [-0.25, -0.2) is 12.7 Å². The Bertz CT molecular complexity index is 298. The van der Waals surface area contributed by atoms with E-state index in [-0.39, 0.29) is 6.04 Å². The Balaban J connectivity index is 2.59. The van der Waals surface area contributed by atoms with Crippen molar-refractivity contribution in [1.82, 2.24) is 4.31 Å². The lowest BCUT2D eigenvalue weighted by Crippen LogP contribution is -2.43. The Morgan fingerprint density at radius 1 is 1.46 bits per heavy atom. The van der Waals surface area contributed by atoms with Crippen LogP contribution in [-0.4, -0.2) is 37.6 Å². The van der Waals surface area contributed by atoms with E-state index in [0.717, 1.165) is 0 Å². The van der Waals surface area contributed by atoms with Gasteiger partial charge < -0.3 is 5.73 Å². The predicted octanol–water partition coefficient (Wildman–Crippen LogP) is -0.737. The number of nitrogens with two attached hydrogens (primary N) is 1. The second kappa shape index (κ2) is 4.05. The van der Waals surface area contributed by atoms with E-state index in [1.54, 1.807) is 6.07 Å². The Morgan fingerprint density at radius 3 is 2.46 bits per heavy atom. The molecule has 13 heavy (non-hydrogen) atoms. The molecule has 0 aromatic carbocycles. The second-order valence-electron chi connectivity index (χ2n) is 3.15. The van der Waals surface area contributed by atoms with Gasteiger partial charge in [-0.2, -0.15) is 5.26 Å². The van der Waals surface area contributed by atoms with E-state index >= 15 is 0 Å². The Morgan fingerprint density at radius 2 is 2.00 bits per heavy atom. The van der Waals surface area contributed by atoms with Crippen LogP contribution in [0.25, 0.3) is 0 Å². The van der Waals surface area contributed by atoms with Crippen LogP contribution in [0.4, 0.5) is 0 Å². The lowest BCUT2D eigenvalue weighted by atomic mass is 10.1. The lowest BCUT2D eigenvalue weighted by Gasteiger charge is -2.28. The summed E-state index contributed by atoms with van der Waals surface area (Å²) in [6.45, 7) is 0.899. The summed E-state index contributed by atoms with van der Waals surface area (Å²) in [5.41, 5.74) is 5.63. The molecule has 0 spiro atoms. The van der Waals surface area contributed by atoms with Gasteiger partial charge in [0.1, 0.15) is 0 Å². The van der Waals surface area contributed by atoms with Gasteiger partial charge in [0, 0.05) is 19.1 Å². The molecule has 0 aromatic heterocycles. The summed E-state index contributed by atoms with van der Waals surface area (Å²) < 4.78 is 24.1. The SMILES string of the molecule is N#CCS(=O)(=O)N1CCC(N)CC1. The van der Waals surface area contributed by atoms with Crippen molar-refractivity contribution in [2.75, 3.05) is 18.8 Å². The van der Waals surface area contributed by atoms with Gasteiger partial charge in [0.15, 0.2) is 5.75 Å². The molecule has 1 fully saturated rings. The number of piperidine rings is 1. The third-order valence-electron chi connectivity index (χ3n) is 2.14. The quantitative estimate of drug-likeness (QED) is 0.640. The van der Waals surface area contributed by atoms with Crippen molar-refractivity contribution in [3.8, 4) is 6.07 Å². The molecule has 0 saturated carbocycles. The molecule has 0 bridgehead atoms. The van der Waals surface area contributed by atoms with E-state index in [9.17, 15) is 8.42 Å². The molecule has 1 aliphatic rings. The average molecular weight is 203 g/mol. The minimum absolute atomic E-state index is 0.105. The molecule has 0 amide bonds. The van der Waals surface area contributed by atoms with Crippen LogP contribution in [0.15, 0.2) is 0 Å². The summed E-state index contributed by atoms with van der Waals surface area (Å²) in [5.74, 6) is -0.428. The highest BCUT2D eigenvalue weighted by Crippen LogP contribution is 2.12. The van der Waals surface area contributed by atoms with Crippen LogP contribution in [0.5, 0.6) is 0 Å². The van der Waals surface area contributed by atoms with Gasteiger partial charge in [-0.1, -0.05) is 0 Å².